The van der Waals surface area contributed by atoms with Crippen molar-refractivity contribution in [1.29, 1.82) is 0 Å². The van der Waals surface area contributed by atoms with Crippen molar-refractivity contribution >= 4 is 51.8 Å². The summed E-state index contributed by atoms with van der Waals surface area (Å²) in [5.74, 6) is -0.423. The van der Waals surface area contributed by atoms with Crippen LogP contribution in [0.1, 0.15) is 16.1 Å². The molecule has 146 valence electrons. The molecule has 0 radical (unpaired) electrons. The fourth-order valence-corrected chi connectivity index (χ4v) is 4.49. The number of H-pyrrole nitrogens is 1. The Kier molecular flexibility index (Phi) is 5.72. The number of carboxylic acids is 1. The standard InChI is InChI=1S/C22H15Cl2NO3S/c23-17-7-4-8-18(24)16(17)12-28-13-9-10-15-19(11-13)25-20(22(26)27)21(15)29-14-5-2-1-3-6-14/h1-11,25H,12H2,(H,26,27). The zero-order chi connectivity index (χ0) is 20.4. The molecule has 0 aliphatic carbocycles. The van der Waals surface area contributed by atoms with Crippen molar-refractivity contribution in [1.82, 2.24) is 4.98 Å². The molecule has 4 rings (SSSR count). The molecule has 1 aromatic heterocycles. The first-order chi connectivity index (χ1) is 14.0. The minimum atomic E-state index is -1.01. The first kappa shape index (κ1) is 19.7. The van der Waals surface area contributed by atoms with Gasteiger partial charge in [-0.3, -0.25) is 0 Å². The van der Waals surface area contributed by atoms with Crippen LogP contribution in [0.4, 0.5) is 0 Å². The maximum absolute atomic E-state index is 11.7. The first-order valence-corrected chi connectivity index (χ1v) is 10.3. The number of ether oxygens (including phenoxy) is 1. The van der Waals surface area contributed by atoms with E-state index in [1.165, 1.54) is 11.8 Å². The van der Waals surface area contributed by atoms with Crippen LogP contribution < -0.4 is 4.74 Å². The summed E-state index contributed by atoms with van der Waals surface area (Å²) in [6.45, 7) is 0.210. The summed E-state index contributed by atoms with van der Waals surface area (Å²) in [5.41, 5.74) is 1.54. The molecule has 1 heterocycles. The Morgan fingerprint density at radius 3 is 2.41 bits per heavy atom. The van der Waals surface area contributed by atoms with Crippen molar-refractivity contribution in [3.8, 4) is 5.75 Å². The van der Waals surface area contributed by atoms with Crippen molar-refractivity contribution in [2.75, 3.05) is 0 Å². The molecule has 0 spiro atoms. The van der Waals surface area contributed by atoms with Crippen molar-refractivity contribution < 1.29 is 14.6 Å². The van der Waals surface area contributed by atoms with E-state index in [0.717, 1.165) is 10.3 Å². The van der Waals surface area contributed by atoms with Gasteiger partial charge in [0.15, 0.2) is 0 Å². The van der Waals surface area contributed by atoms with E-state index in [1.807, 2.05) is 42.5 Å². The van der Waals surface area contributed by atoms with Gasteiger partial charge in [0, 0.05) is 32.0 Å². The third-order valence-electron chi connectivity index (χ3n) is 4.34. The third-order valence-corrected chi connectivity index (χ3v) is 6.19. The predicted octanol–water partition coefficient (Wildman–Crippen LogP) is 6.90. The normalized spacial score (nSPS) is 11.0. The van der Waals surface area contributed by atoms with E-state index in [4.69, 9.17) is 27.9 Å². The Morgan fingerprint density at radius 2 is 1.72 bits per heavy atom. The Morgan fingerprint density at radius 1 is 1.00 bits per heavy atom. The number of aromatic amines is 1. The highest BCUT2D eigenvalue weighted by Gasteiger charge is 2.19. The second kappa shape index (κ2) is 8.41. The van der Waals surface area contributed by atoms with Gasteiger partial charge in [-0.15, -0.1) is 0 Å². The Hall–Kier alpha value is -2.60. The molecule has 3 aromatic carbocycles. The van der Waals surface area contributed by atoms with Gasteiger partial charge in [0.2, 0.25) is 0 Å². The number of rotatable bonds is 6. The minimum absolute atomic E-state index is 0.153. The largest absolute Gasteiger partial charge is 0.489 e. The van der Waals surface area contributed by atoms with Gasteiger partial charge in [-0.1, -0.05) is 59.2 Å². The van der Waals surface area contributed by atoms with Gasteiger partial charge < -0.3 is 14.8 Å². The summed E-state index contributed by atoms with van der Waals surface area (Å²) in [6.07, 6.45) is 0. The summed E-state index contributed by atoms with van der Waals surface area (Å²) in [7, 11) is 0. The van der Waals surface area contributed by atoms with Crippen LogP contribution in [0.15, 0.2) is 76.5 Å². The second-order valence-electron chi connectivity index (χ2n) is 6.25. The van der Waals surface area contributed by atoms with E-state index in [1.54, 1.807) is 24.3 Å². The maximum atomic E-state index is 11.7. The Balaban J connectivity index is 1.65. The van der Waals surface area contributed by atoms with Crippen LogP contribution in [0.3, 0.4) is 0 Å². The highest BCUT2D eigenvalue weighted by atomic mass is 35.5. The van der Waals surface area contributed by atoms with Gasteiger partial charge in [-0.05, 0) is 36.4 Å². The molecule has 0 saturated heterocycles. The average Bonchev–Trinajstić information content (AvgIpc) is 3.06. The van der Waals surface area contributed by atoms with Crippen LogP contribution in [-0.4, -0.2) is 16.1 Å². The molecular weight excluding hydrogens is 429 g/mol. The topological polar surface area (TPSA) is 62.3 Å². The number of benzene rings is 3. The van der Waals surface area contributed by atoms with Gasteiger partial charge in [-0.25, -0.2) is 4.79 Å². The van der Waals surface area contributed by atoms with E-state index in [2.05, 4.69) is 4.98 Å². The summed E-state index contributed by atoms with van der Waals surface area (Å²) in [4.78, 5) is 16.4. The minimum Gasteiger partial charge on any atom is -0.489 e. The number of halogens is 2. The number of hydrogen-bond donors (Lipinski definition) is 2. The predicted molar refractivity (Wildman–Crippen MR) is 117 cm³/mol. The number of carbonyl (C=O) groups is 1. The zero-order valence-electron chi connectivity index (χ0n) is 15.0. The van der Waals surface area contributed by atoms with Gasteiger partial charge in [0.05, 0.1) is 10.4 Å². The lowest BCUT2D eigenvalue weighted by Crippen LogP contribution is -1.98. The molecule has 0 unspecified atom stereocenters. The quantitative estimate of drug-likeness (QED) is 0.340. The Labute approximate surface area is 181 Å². The fourth-order valence-electron chi connectivity index (χ4n) is 2.93. The van der Waals surface area contributed by atoms with Gasteiger partial charge in [0.1, 0.15) is 18.1 Å². The van der Waals surface area contributed by atoms with Crippen molar-refractivity contribution in [3.63, 3.8) is 0 Å². The number of aromatic carboxylic acids is 1. The monoisotopic (exact) mass is 443 g/mol. The molecule has 2 N–H and O–H groups in total. The number of aromatic nitrogens is 1. The molecule has 0 saturated carbocycles. The van der Waals surface area contributed by atoms with E-state index in [0.29, 0.717) is 31.8 Å². The van der Waals surface area contributed by atoms with Crippen LogP contribution in [-0.2, 0) is 6.61 Å². The van der Waals surface area contributed by atoms with Crippen LogP contribution in [0.2, 0.25) is 10.0 Å². The number of carboxylic acid groups (broad SMARTS) is 1. The highest BCUT2D eigenvalue weighted by molar-refractivity contribution is 7.99. The van der Waals surface area contributed by atoms with Crippen molar-refractivity contribution in [2.45, 2.75) is 16.4 Å². The van der Waals surface area contributed by atoms with Gasteiger partial charge in [0.25, 0.3) is 0 Å². The molecule has 0 aliphatic rings. The summed E-state index contributed by atoms with van der Waals surface area (Å²) in [5, 5.41) is 11.5. The fraction of sp³-hybridized carbons (Fsp3) is 0.0455. The summed E-state index contributed by atoms with van der Waals surface area (Å²) in [6, 6.07) is 20.4. The second-order valence-corrected chi connectivity index (χ2v) is 8.14. The van der Waals surface area contributed by atoms with Crippen LogP contribution >= 0.6 is 35.0 Å². The van der Waals surface area contributed by atoms with Crippen LogP contribution in [0.25, 0.3) is 10.9 Å². The average molecular weight is 444 g/mol. The van der Waals surface area contributed by atoms with Crippen LogP contribution in [0, 0.1) is 0 Å². The lowest BCUT2D eigenvalue weighted by molar-refractivity contribution is 0.0688. The lowest BCUT2D eigenvalue weighted by Gasteiger charge is -2.09. The van der Waals surface area contributed by atoms with Gasteiger partial charge in [-0.2, -0.15) is 0 Å². The molecule has 7 heteroatoms. The van der Waals surface area contributed by atoms with E-state index in [9.17, 15) is 9.90 Å². The van der Waals surface area contributed by atoms with Crippen LogP contribution in [0.5, 0.6) is 5.75 Å². The molecule has 4 nitrogen and oxygen atoms in total. The van der Waals surface area contributed by atoms with Crippen molar-refractivity contribution in [2.24, 2.45) is 0 Å². The SMILES string of the molecule is O=C(O)c1[nH]c2cc(OCc3c(Cl)cccc3Cl)ccc2c1Sc1ccccc1. The highest BCUT2D eigenvalue weighted by Crippen LogP contribution is 2.38. The number of fused-ring (bicyclic) bond motifs is 1. The number of hydrogen-bond acceptors (Lipinski definition) is 3. The molecule has 0 bridgehead atoms. The molecule has 0 amide bonds. The lowest BCUT2D eigenvalue weighted by atomic mass is 10.2. The van der Waals surface area contributed by atoms with E-state index in [-0.39, 0.29) is 12.3 Å². The molecule has 4 aromatic rings. The number of nitrogens with one attached hydrogen (secondary N) is 1. The molecule has 29 heavy (non-hydrogen) atoms. The van der Waals surface area contributed by atoms with Crippen molar-refractivity contribution in [3.05, 3.63) is 88.0 Å². The van der Waals surface area contributed by atoms with E-state index < -0.39 is 5.97 Å². The van der Waals surface area contributed by atoms with E-state index >= 15 is 0 Å². The smallest absolute Gasteiger partial charge is 0.353 e. The third kappa shape index (κ3) is 4.22. The maximum Gasteiger partial charge on any atom is 0.353 e. The first-order valence-electron chi connectivity index (χ1n) is 8.70. The molecule has 0 fully saturated rings. The summed E-state index contributed by atoms with van der Waals surface area (Å²) < 4.78 is 5.85. The molecule has 0 atom stereocenters. The molecular formula is C22H15Cl2NO3S. The summed E-state index contributed by atoms with van der Waals surface area (Å²) >= 11 is 13.8. The Bertz CT molecular complexity index is 1170. The molecule has 0 aliphatic heterocycles. The van der Waals surface area contributed by atoms with Gasteiger partial charge >= 0.3 is 5.97 Å². The zero-order valence-corrected chi connectivity index (χ0v) is 17.3.